The molecule has 0 aromatic heterocycles. The predicted molar refractivity (Wildman–Crippen MR) is 102 cm³/mol. The third-order valence-corrected chi connectivity index (χ3v) is 4.42. The van der Waals surface area contributed by atoms with Gasteiger partial charge in [-0.3, -0.25) is 19.3 Å². The summed E-state index contributed by atoms with van der Waals surface area (Å²) in [4.78, 5) is 37.5. The van der Waals surface area contributed by atoms with Crippen LogP contribution in [0.4, 0.5) is 11.4 Å². The first-order valence-corrected chi connectivity index (χ1v) is 8.55. The molecule has 0 atom stereocenters. The molecule has 0 spiro atoms. The van der Waals surface area contributed by atoms with Crippen LogP contribution in [-0.2, 0) is 14.4 Å². The maximum Gasteiger partial charge on any atom is 0.277 e. The summed E-state index contributed by atoms with van der Waals surface area (Å²) in [7, 11) is 1.44. The highest BCUT2D eigenvalue weighted by molar-refractivity contribution is 6.36. The summed E-state index contributed by atoms with van der Waals surface area (Å²) in [5.41, 5.74) is 2.22. The molecule has 142 valence electrons. The minimum Gasteiger partial charge on any atom is -0.454 e. The van der Waals surface area contributed by atoms with Gasteiger partial charge in [0, 0.05) is 31.4 Å². The molecular weight excluding hydrogens is 362 g/mol. The number of benzene rings is 2. The lowest BCUT2D eigenvalue weighted by Crippen LogP contribution is -2.27. The number of nitrogens with zero attached hydrogens (tertiary/aromatic N) is 1. The van der Waals surface area contributed by atoms with Gasteiger partial charge in [-0.1, -0.05) is 12.1 Å². The average Bonchev–Trinajstić information content (AvgIpc) is 3.21. The summed E-state index contributed by atoms with van der Waals surface area (Å²) in [6, 6.07) is 11.9. The number of carbonyl (C=O) groups excluding carboxylic acids is 3. The highest BCUT2D eigenvalue weighted by atomic mass is 16.7. The second-order valence-corrected chi connectivity index (χ2v) is 6.37. The third kappa shape index (κ3) is 3.05. The van der Waals surface area contributed by atoms with Crippen molar-refractivity contribution in [2.45, 2.75) is 6.92 Å². The molecule has 2 aliphatic heterocycles. The zero-order valence-electron chi connectivity index (χ0n) is 15.2. The Morgan fingerprint density at radius 3 is 2.36 bits per heavy atom. The first-order valence-electron chi connectivity index (χ1n) is 8.55. The van der Waals surface area contributed by atoms with E-state index < -0.39 is 11.8 Å². The number of amides is 3. The van der Waals surface area contributed by atoms with Gasteiger partial charge in [-0.05, 0) is 29.8 Å². The Bertz CT molecular complexity index is 1030. The molecule has 2 aromatic carbocycles. The Morgan fingerprint density at radius 1 is 0.964 bits per heavy atom. The Morgan fingerprint density at radius 2 is 1.64 bits per heavy atom. The molecule has 2 N–H and O–H groups in total. The number of hydrogen-bond acceptors (Lipinski definition) is 6. The third-order valence-electron chi connectivity index (χ3n) is 4.42. The monoisotopic (exact) mass is 379 g/mol. The van der Waals surface area contributed by atoms with Crippen LogP contribution in [-0.4, -0.2) is 36.5 Å². The van der Waals surface area contributed by atoms with Crippen molar-refractivity contribution in [3.63, 3.8) is 0 Å². The summed E-state index contributed by atoms with van der Waals surface area (Å²) >= 11 is 0. The highest BCUT2D eigenvalue weighted by Crippen LogP contribution is 2.36. The van der Waals surface area contributed by atoms with Crippen LogP contribution in [0.1, 0.15) is 12.5 Å². The van der Waals surface area contributed by atoms with Crippen LogP contribution in [0.2, 0.25) is 0 Å². The Labute approximate surface area is 160 Å². The van der Waals surface area contributed by atoms with E-state index in [9.17, 15) is 14.4 Å². The van der Waals surface area contributed by atoms with Gasteiger partial charge in [0.05, 0.1) is 5.57 Å². The van der Waals surface area contributed by atoms with Crippen LogP contribution >= 0.6 is 0 Å². The first kappa shape index (κ1) is 17.6. The molecule has 8 nitrogen and oxygen atoms in total. The van der Waals surface area contributed by atoms with Crippen molar-refractivity contribution >= 4 is 34.7 Å². The quantitative estimate of drug-likeness (QED) is 0.791. The van der Waals surface area contributed by atoms with E-state index in [1.54, 1.807) is 42.5 Å². The Balaban J connectivity index is 1.70. The normalized spacial score (nSPS) is 15.3. The number of hydrogen-bond donors (Lipinski definition) is 2. The van der Waals surface area contributed by atoms with Gasteiger partial charge in [-0.25, -0.2) is 0 Å². The van der Waals surface area contributed by atoms with Crippen molar-refractivity contribution < 1.29 is 23.9 Å². The second-order valence-electron chi connectivity index (χ2n) is 6.37. The van der Waals surface area contributed by atoms with E-state index in [1.165, 1.54) is 14.0 Å². The molecule has 28 heavy (non-hydrogen) atoms. The molecule has 2 heterocycles. The van der Waals surface area contributed by atoms with Gasteiger partial charge in [0.1, 0.15) is 5.70 Å². The van der Waals surface area contributed by atoms with Crippen molar-refractivity contribution in [2.75, 3.05) is 24.5 Å². The first-order chi connectivity index (χ1) is 13.4. The summed E-state index contributed by atoms with van der Waals surface area (Å²) in [5.74, 6) is 0.171. The molecule has 2 aliphatic rings. The molecule has 0 saturated heterocycles. The molecule has 4 rings (SSSR count). The van der Waals surface area contributed by atoms with Crippen molar-refractivity contribution in [1.29, 1.82) is 0 Å². The molecule has 0 unspecified atom stereocenters. The lowest BCUT2D eigenvalue weighted by molar-refractivity contribution is -0.135. The number of ether oxygens (including phenoxy) is 2. The summed E-state index contributed by atoms with van der Waals surface area (Å²) in [5, 5.41) is 5.71. The minimum atomic E-state index is -0.427. The molecule has 0 aliphatic carbocycles. The van der Waals surface area contributed by atoms with E-state index in [0.717, 1.165) is 4.90 Å². The maximum absolute atomic E-state index is 12.7. The van der Waals surface area contributed by atoms with Crippen molar-refractivity contribution in [2.24, 2.45) is 0 Å². The molecule has 0 saturated carbocycles. The van der Waals surface area contributed by atoms with Gasteiger partial charge in [-0.2, -0.15) is 0 Å². The van der Waals surface area contributed by atoms with Crippen molar-refractivity contribution in [1.82, 2.24) is 4.90 Å². The van der Waals surface area contributed by atoms with Gasteiger partial charge in [0.15, 0.2) is 11.5 Å². The number of fused-ring (bicyclic) bond motifs is 1. The van der Waals surface area contributed by atoms with E-state index in [-0.39, 0.29) is 24.0 Å². The summed E-state index contributed by atoms with van der Waals surface area (Å²) in [6.07, 6.45) is 0. The zero-order chi connectivity index (χ0) is 19.8. The summed E-state index contributed by atoms with van der Waals surface area (Å²) < 4.78 is 10.6. The van der Waals surface area contributed by atoms with E-state index in [1.807, 2.05) is 0 Å². The van der Waals surface area contributed by atoms with Gasteiger partial charge in [0.2, 0.25) is 12.7 Å². The number of anilines is 2. The lowest BCUT2D eigenvalue weighted by Gasteiger charge is -2.10. The largest absolute Gasteiger partial charge is 0.454 e. The fourth-order valence-electron chi connectivity index (χ4n) is 3.07. The van der Waals surface area contributed by atoms with Crippen LogP contribution in [0.25, 0.3) is 5.57 Å². The molecule has 0 bridgehead atoms. The van der Waals surface area contributed by atoms with Crippen LogP contribution in [0, 0.1) is 0 Å². The molecule has 0 radical (unpaired) electrons. The van der Waals surface area contributed by atoms with E-state index in [2.05, 4.69) is 10.6 Å². The van der Waals surface area contributed by atoms with E-state index in [0.29, 0.717) is 28.4 Å². The number of nitrogens with one attached hydrogen (secondary N) is 2. The average molecular weight is 379 g/mol. The van der Waals surface area contributed by atoms with Crippen molar-refractivity contribution in [3.05, 3.63) is 53.7 Å². The topological polar surface area (TPSA) is 97.0 Å². The van der Waals surface area contributed by atoms with E-state index in [4.69, 9.17) is 9.47 Å². The van der Waals surface area contributed by atoms with Crippen LogP contribution < -0.4 is 20.1 Å². The number of imide groups is 1. The summed E-state index contributed by atoms with van der Waals surface area (Å²) in [6.45, 7) is 1.56. The fraction of sp³-hybridized carbons (Fsp3) is 0.150. The maximum atomic E-state index is 12.7. The van der Waals surface area contributed by atoms with Gasteiger partial charge < -0.3 is 20.1 Å². The molecule has 2 aromatic rings. The van der Waals surface area contributed by atoms with E-state index >= 15 is 0 Å². The van der Waals surface area contributed by atoms with Crippen LogP contribution in [0.5, 0.6) is 11.5 Å². The standard InChI is InChI=1S/C20H17N3O5/c1-11(24)21-13-5-3-12(4-6-13)17-18(20(26)23(2)19(17)25)22-14-7-8-15-16(9-14)28-10-27-15/h3-9,22H,10H2,1-2H3,(H,21,24). The Kier molecular flexibility index (Phi) is 4.23. The molecular formula is C20H17N3O5. The number of rotatable bonds is 4. The van der Waals surface area contributed by atoms with Gasteiger partial charge in [0.25, 0.3) is 11.8 Å². The zero-order valence-corrected chi connectivity index (χ0v) is 15.2. The Hall–Kier alpha value is -3.81. The van der Waals surface area contributed by atoms with Crippen LogP contribution in [0.15, 0.2) is 48.2 Å². The lowest BCUT2D eigenvalue weighted by atomic mass is 10.0. The molecule has 3 amide bonds. The van der Waals surface area contributed by atoms with Crippen molar-refractivity contribution in [3.8, 4) is 11.5 Å². The molecule has 8 heteroatoms. The predicted octanol–water partition coefficient (Wildman–Crippen LogP) is 2.20. The minimum absolute atomic E-state index is 0.146. The van der Waals surface area contributed by atoms with Gasteiger partial charge >= 0.3 is 0 Å². The number of likely N-dealkylation sites (N-methyl/N-ethyl adjacent to an activating group) is 1. The smallest absolute Gasteiger partial charge is 0.277 e. The molecule has 0 fully saturated rings. The fourth-order valence-corrected chi connectivity index (χ4v) is 3.07. The number of carbonyl (C=O) groups is 3. The van der Waals surface area contributed by atoms with Crippen LogP contribution in [0.3, 0.4) is 0 Å². The van der Waals surface area contributed by atoms with Gasteiger partial charge in [-0.15, -0.1) is 0 Å². The highest BCUT2D eigenvalue weighted by Gasteiger charge is 2.37. The SMILES string of the molecule is CC(=O)Nc1ccc(C2=C(Nc3ccc4c(c3)OCO4)C(=O)N(C)C2=O)cc1. The second kappa shape index (κ2) is 6.73.